The molecule has 0 saturated carbocycles. The first-order valence-corrected chi connectivity index (χ1v) is 5.72. The van der Waals surface area contributed by atoms with Crippen LogP contribution in [0.25, 0.3) is 0 Å². The van der Waals surface area contributed by atoms with Gasteiger partial charge in [-0.1, -0.05) is 6.07 Å². The minimum Gasteiger partial charge on any atom is -0.466 e. The highest BCUT2D eigenvalue weighted by Crippen LogP contribution is 2.24. The quantitative estimate of drug-likeness (QED) is 0.759. The van der Waals surface area contributed by atoms with E-state index in [9.17, 15) is 13.6 Å². The predicted molar refractivity (Wildman–Crippen MR) is 64.0 cm³/mol. The van der Waals surface area contributed by atoms with Crippen LogP contribution in [0.2, 0.25) is 0 Å². The average Bonchev–Trinajstić information content (AvgIpc) is 2.30. The molecule has 3 nitrogen and oxygen atoms in total. The zero-order valence-electron chi connectivity index (χ0n) is 10.7. The number of nitrogens with zero attached hydrogens (tertiary/aromatic N) is 1. The van der Waals surface area contributed by atoms with Crippen LogP contribution >= 0.6 is 0 Å². The van der Waals surface area contributed by atoms with Gasteiger partial charge >= 0.3 is 5.97 Å². The normalized spacial score (nSPS) is 12.6. The van der Waals surface area contributed by atoms with Crippen molar-refractivity contribution in [2.45, 2.75) is 19.4 Å². The molecule has 0 aromatic heterocycles. The Morgan fingerprint density at radius 1 is 1.33 bits per heavy atom. The molecule has 0 spiro atoms. The Morgan fingerprint density at radius 3 is 2.50 bits per heavy atom. The van der Waals surface area contributed by atoms with Crippen molar-refractivity contribution >= 4 is 5.97 Å². The molecule has 18 heavy (non-hydrogen) atoms. The number of carbonyl (C=O) groups excluding carboxylic acids is 1. The molecule has 1 aromatic carbocycles. The van der Waals surface area contributed by atoms with Gasteiger partial charge in [0.1, 0.15) is 0 Å². The van der Waals surface area contributed by atoms with E-state index < -0.39 is 11.6 Å². The maximum Gasteiger partial charge on any atom is 0.307 e. The fraction of sp³-hybridized carbons (Fsp3) is 0.462. The molecule has 100 valence electrons. The Hall–Kier alpha value is -1.49. The molecule has 0 fully saturated rings. The van der Waals surface area contributed by atoms with Gasteiger partial charge in [-0.25, -0.2) is 8.78 Å². The van der Waals surface area contributed by atoms with Crippen LogP contribution in [0, 0.1) is 11.6 Å². The summed E-state index contributed by atoms with van der Waals surface area (Å²) < 4.78 is 30.9. The van der Waals surface area contributed by atoms with Crippen molar-refractivity contribution in [3.63, 3.8) is 0 Å². The van der Waals surface area contributed by atoms with Crippen LogP contribution in [0.5, 0.6) is 0 Å². The Kier molecular flexibility index (Phi) is 5.22. The fourth-order valence-corrected chi connectivity index (χ4v) is 1.70. The zero-order valence-corrected chi connectivity index (χ0v) is 10.7. The minimum absolute atomic E-state index is 0.103. The molecule has 0 aliphatic rings. The average molecular weight is 257 g/mol. The van der Waals surface area contributed by atoms with Crippen molar-refractivity contribution in [3.8, 4) is 0 Å². The summed E-state index contributed by atoms with van der Waals surface area (Å²) in [4.78, 5) is 13.2. The third kappa shape index (κ3) is 3.77. The molecule has 0 aliphatic carbocycles. The van der Waals surface area contributed by atoms with Crippen molar-refractivity contribution < 1.29 is 18.3 Å². The highest BCUT2D eigenvalue weighted by molar-refractivity contribution is 5.70. The highest BCUT2D eigenvalue weighted by atomic mass is 19.2. The van der Waals surface area contributed by atoms with Crippen molar-refractivity contribution in [2.75, 3.05) is 20.7 Å². The molecule has 1 aromatic rings. The molecule has 0 radical (unpaired) electrons. The summed E-state index contributed by atoms with van der Waals surface area (Å²) in [6.07, 6.45) is 0.103. The van der Waals surface area contributed by atoms with E-state index in [0.717, 1.165) is 12.1 Å². The van der Waals surface area contributed by atoms with E-state index >= 15 is 0 Å². The van der Waals surface area contributed by atoms with Gasteiger partial charge in [0.05, 0.1) is 13.0 Å². The minimum atomic E-state index is -0.914. The highest BCUT2D eigenvalue weighted by Gasteiger charge is 2.20. The molecule has 0 heterocycles. The Morgan fingerprint density at radius 2 is 2.00 bits per heavy atom. The van der Waals surface area contributed by atoms with Crippen LogP contribution in [0.1, 0.15) is 24.9 Å². The first-order valence-electron chi connectivity index (χ1n) is 5.72. The Balaban J connectivity index is 2.90. The van der Waals surface area contributed by atoms with E-state index in [2.05, 4.69) is 0 Å². The molecule has 1 atom stereocenters. The molecular formula is C13H17F2NO2. The van der Waals surface area contributed by atoms with Crippen LogP contribution in [-0.2, 0) is 9.53 Å². The van der Waals surface area contributed by atoms with Gasteiger partial charge in [-0.2, -0.15) is 0 Å². The number of ether oxygens (including phenoxy) is 1. The van der Waals surface area contributed by atoms with Gasteiger partial charge in [-0.15, -0.1) is 0 Å². The second-order valence-electron chi connectivity index (χ2n) is 4.16. The van der Waals surface area contributed by atoms with E-state index in [4.69, 9.17) is 4.74 Å². The maximum absolute atomic E-state index is 13.2. The fourth-order valence-electron chi connectivity index (χ4n) is 1.70. The summed E-state index contributed by atoms with van der Waals surface area (Å²) >= 11 is 0. The lowest BCUT2D eigenvalue weighted by Gasteiger charge is -2.24. The van der Waals surface area contributed by atoms with Crippen molar-refractivity contribution in [1.82, 2.24) is 4.90 Å². The van der Waals surface area contributed by atoms with Gasteiger partial charge in [-0.3, -0.25) is 4.79 Å². The molecule has 1 unspecified atom stereocenters. The molecule has 5 heteroatoms. The zero-order chi connectivity index (χ0) is 13.7. The van der Waals surface area contributed by atoms with Crippen LogP contribution in [0.3, 0.4) is 0 Å². The summed E-state index contributed by atoms with van der Waals surface area (Å²) in [6.45, 7) is 2.02. The number of hydrogen-bond acceptors (Lipinski definition) is 3. The third-order valence-corrected chi connectivity index (χ3v) is 2.62. The Bertz CT molecular complexity index is 421. The van der Waals surface area contributed by atoms with E-state index in [1.54, 1.807) is 25.9 Å². The monoisotopic (exact) mass is 257 g/mol. The van der Waals surface area contributed by atoms with Crippen molar-refractivity contribution in [1.29, 1.82) is 0 Å². The second kappa shape index (κ2) is 6.44. The number of esters is 1. The topological polar surface area (TPSA) is 29.5 Å². The summed E-state index contributed by atoms with van der Waals surface area (Å²) in [6, 6.07) is 3.31. The van der Waals surface area contributed by atoms with Gasteiger partial charge < -0.3 is 9.64 Å². The van der Waals surface area contributed by atoms with Crippen LogP contribution < -0.4 is 0 Å². The molecular weight excluding hydrogens is 240 g/mol. The van der Waals surface area contributed by atoms with Crippen LogP contribution in [-0.4, -0.2) is 31.6 Å². The maximum atomic E-state index is 13.2. The summed E-state index contributed by atoms with van der Waals surface area (Å²) in [7, 11) is 3.54. The first-order chi connectivity index (χ1) is 8.45. The van der Waals surface area contributed by atoms with Crippen molar-refractivity contribution in [2.24, 2.45) is 0 Å². The SMILES string of the molecule is CCOC(=O)CC(c1ccc(F)c(F)c1)N(C)C. The number of rotatable bonds is 5. The summed E-state index contributed by atoms with van der Waals surface area (Å²) in [5.41, 5.74) is 0.548. The molecule has 0 N–H and O–H groups in total. The molecule has 0 amide bonds. The van der Waals surface area contributed by atoms with Gasteiger partial charge in [0.25, 0.3) is 0 Å². The van der Waals surface area contributed by atoms with Gasteiger partial charge in [0.2, 0.25) is 0 Å². The van der Waals surface area contributed by atoms with Crippen molar-refractivity contribution in [3.05, 3.63) is 35.4 Å². The van der Waals surface area contributed by atoms with Crippen LogP contribution in [0.4, 0.5) is 8.78 Å². The van der Waals surface area contributed by atoms with Gasteiger partial charge in [0, 0.05) is 6.04 Å². The lowest BCUT2D eigenvalue weighted by atomic mass is 10.0. The lowest BCUT2D eigenvalue weighted by Crippen LogP contribution is -2.24. The summed E-state index contributed by atoms with van der Waals surface area (Å²) in [5, 5.41) is 0. The van der Waals surface area contributed by atoms with E-state index in [1.165, 1.54) is 6.07 Å². The third-order valence-electron chi connectivity index (χ3n) is 2.62. The molecule has 0 bridgehead atoms. The standard InChI is InChI=1S/C13H17F2NO2/c1-4-18-13(17)8-12(16(2)3)9-5-6-10(14)11(15)7-9/h5-7,12H,4,8H2,1-3H3. The number of benzene rings is 1. The van der Waals surface area contributed by atoms with Gasteiger partial charge in [-0.05, 0) is 38.7 Å². The lowest BCUT2D eigenvalue weighted by molar-refractivity contribution is -0.144. The first kappa shape index (κ1) is 14.6. The number of halogens is 2. The predicted octanol–water partition coefficient (Wildman–Crippen LogP) is 2.52. The molecule has 1 rings (SSSR count). The van der Waals surface area contributed by atoms with Crippen LogP contribution in [0.15, 0.2) is 18.2 Å². The van der Waals surface area contributed by atoms with E-state index in [1.807, 2.05) is 0 Å². The number of carbonyl (C=O) groups is 1. The smallest absolute Gasteiger partial charge is 0.307 e. The second-order valence-corrected chi connectivity index (χ2v) is 4.16. The molecule has 0 aliphatic heterocycles. The summed E-state index contributed by atoms with van der Waals surface area (Å²) in [5.74, 6) is -2.17. The van der Waals surface area contributed by atoms with E-state index in [0.29, 0.717) is 12.2 Å². The largest absolute Gasteiger partial charge is 0.466 e. The van der Waals surface area contributed by atoms with E-state index in [-0.39, 0.29) is 18.4 Å². The van der Waals surface area contributed by atoms with Gasteiger partial charge in [0.15, 0.2) is 11.6 Å². The number of hydrogen-bond donors (Lipinski definition) is 0. The Labute approximate surface area is 105 Å². The molecule has 0 saturated heterocycles.